The topological polar surface area (TPSA) is 64.3 Å². The maximum absolute atomic E-state index is 12.2. The zero-order chi connectivity index (χ0) is 17.5. The van der Waals surface area contributed by atoms with Crippen LogP contribution in [0, 0.1) is 0 Å². The van der Waals surface area contributed by atoms with Crippen LogP contribution >= 0.6 is 0 Å². The van der Waals surface area contributed by atoms with Crippen LogP contribution in [-0.4, -0.2) is 6.09 Å². The molecule has 1 amide bonds. The minimum Gasteiger partial charge on any atom is -0.410 e. The summed E-state index contributed by atoms with van der Waals surface area (Å²) < 4.78 is 5.53. The third kappa shape index (κ3) is 4.25. The van der Waals surface area contributed by atoms with Gasteiger partial charge in [-0.05, 0) is 22.8 Å². The number of hydrogen-bond acceptors (Lipinski definition) is 3. The summed E-state index contributed by atoms with van der Waals surface area (Å²) in [6.45, 7) is 0.839. The van der Waals surface area contributed by atoms with Crippen LogP contribution in [0.3, 0.4) is 0 Å². The van der Waals surface area contributed by atoms with Crippen LogP contribution in [0.2, 0.25) is 0 Å². The fourth-order valence-electron chi connectivity index (χ4n) is 2.65. The molecule has 0 aliphatic carbocycles. The second-order valence-corrected chi connectivity index (χ2v) is 5.59. The van der Waals surface area contributed by atoms with Crippen LogP contribution in [0.4, 0.5) is 4.79 Å². The number of carbonyl (C=O) groups excluding carboxylic acids is 1. The van der Waals surface area contributed by atoms with E-state index >= 15 is 0 Å². The predicted molar refractivity (Wildman–Crippen MR) is 99.1 cm³/mol. The van der Waals surface area contributed by atoms with Gasteiger partial charge < -0.3 is 15.8 Å². The summed E-state index contributed by atoms with van der Waals surface area (Å²) in [5, 5.41) is 2.77. The average Bonchev–Trinajstić information content (AvgIpc) is 2.67. The van der Waals surface area contributed by atoms with Gasteiger partial charge in [-0.15, -0.1) is 0 Å². The molecule has 0 saturated heterocycles. The van der Waals surface area contributed by atoms with Gasteiger partial charge in [0.15, 0.2) is 0 Å². The van der Waals surface area contributed by atoms with Gasteiger partial charge in [0.2, 0.25) is 0 Å². The summed E-state index contributed by atoms with van der Waals surface area (Å²) in [6.07, 6.45) is -0.485. The molecular formula is C21H20N2O2. The normalized spacial score (nSPS) is 10.3. The lowest BCUT2D eigenvalue weighted by Gasteiger charge is -2.13. The Balaban J connectivity index is 1.76. The molecule has 0 spiro atoms. The van der Waals surface area contributed by atoms with Crippen molar-refractivity contribution in [3.63, 3.8) is 0 Å². The number of benzene rings is 3. The highest BCUT2D eigenvalue weighted by Crippen LogP contribution is 2.32. The molecule has 0 bridgehead atoms. The zero-order valence-electron chi connectivity index (χ0n) is 13.8. The molecule has 0 aliphatic rings. The highest BCUT2D eigenvalue weighted by molar-refractivity contribution is 5.78. The molecule has 4 heteroatoms. The van der Waals surface area contributed by atoms with E-state index in [-0.39, 0.29) is 0 Å². The standard InChI is InChI=1S/C21H20N2O2/c22-14-17-10-4-5-11-18(17)19-12-6-7-13-20(19)25-21(24)23-15-16-8-2-1-3-9-16/h1-13H,14-15,22H2,(H,23,24). The fraction of sp³-hybridized carbons (Fsp3) is 0.0952. The van der Waals surface area contributed by atoms with Crippen molar-refractivity contribution in [2.75, 3.05) is 0 Å². The van der Waals surface area contributed by atoms with Gasteiger partial charge in [-0.1, -0.05) is 72.8 Å². The van der Waals surface area contributed by atoms with E-state index in [1.54, 1.807) is 6.07 Å². The molecule has 4 nitrogen and oxygen atoms in total. The third-order valence-corrected chi connectivity index (χ3v) is 3.90. The molecule has 0 saturated carbocycles. The second kappa shape index (κ2) is 8.13. The fourth-order valence-corrected chi connectivity index (χ4v) is 2.65. The number of nitrogens with two attached hydrogens (primary N) is 1. The van der Waals surface area contributed by atoms with Crippen molar-refractivity contribution in [2.24, 2.45) is 5.73 Å². The van der Waals surface area contributed by atoms with Gasteiger partial charge in [-0.25, -0.2) is 4.79 Å². The van der Waals surface area contributed by atoms with E-state index in [0.717, 1.165) is 22.3 Å². The Kier molecular flexibility index (Phi) is 5.44. The van der Waals surface area contributed by atoms with Crippen LogP contribution in [0.5, 0.6) is 5.75 Å². The van der Waals surface area contributed by atoms with Crippen molar-refractivity contribution in [3.8, 4) is 16.9 Å². The first-order valence-electron chi connectivity index (χ1n) is 8.15. The first-order valence-corrected chi connectivity index (χ1v) is 8.15. The van der Waals surface area contributed by atoms with E-state index in [4.69, 9.17) is 10.5 Å². The monoisotopic (exact) mass is 332 g/mol. The number of para-hydroxylation sites is 1. The number of amides is 1. The lowest BCUT2D eigenvalue weighted by atomic mass is 9.99. The smallest absolute Gasteiger partial charge is 0.410 e. The molecule has 0 heterocycles. The zero-order valence-corrected chi connectivity index (χ0v) is 13.8. The van der Waals surface area contributed by atoms with E-state index in [1.807, 2.05) is 72.8 Å². The molecule has 0 unspecified atom stereocenters. The molecule has 3 N–H and O–H groups in total. The number of rotatable bonds is 5. The van der Waals surface area contributed by atoms with Crippen molar-refractivity contribution in [2.45, 2.75) is 13.1 Å². The Morgan fingerprint density at radius 1 is 0.840 bits per heavy atom. The van der Waals surface area contributed by atoms with Gasteiger partial charge >= 0.3 is 6.09 Å². The highest BCUT2D eigenvalue weighted by atomic mass is 16.6. The molecule has 3 aromatic carbocycles. The number of ether oxygens (including phenoxy) is 1. The first-order chi connectivity index (χ1) is 12.3. The lowest BCUT2D eigenvalue weighted by Crippen LogP contribution is -2.26. The molecule has 0 fully saturated rings. The van der Waals surface area contributed by atoms with Crippen LogP contribution in [-0.2, 0) is 13.1 Å². The van der Waals surface area contributed by atoms with Gasteiger partial charge in [-0.2, -0.15) is 0 Å². The summed E-state index contributed by atoms with van der Waals surface area (Å²) >= 11 is 0. The lowest BCUT2D eigenvalue weighted by molar-refractivity contribution is 0.200. The van der Waals surface area contributed by atoms with Gasteiger partial charge in [0, 0.05) is 18.7 Å². The van der Waals surface area contributed by atoms with E-state index in [0.29, 0.717) is 18.8 Å². The van der Waals surface area contributed by atoms with E-state index in [2.05, 4.69) is 5.32 Å². The van der Waals surface area contributed by atoms with Crippen molar-refractivity contribution < 1.29 is 9.53 Å². The largest absolute Gasteiger partial charge is 0.412 e. The van der Waals surface area contributed by atoms with Crippen LogP contribution in [0.1, 0.15) is 11.1 Å². The summed E-state index contributed by atoms with van der Waals surface area (Å²) in [5.41, 5.74) is 9.66. The van der Waals surface area contributed by atoms with Gasteiger partial charge in [0.25, 0.3) is 0 Å². The molecule has 126 valence electrons. The Morgan fingerprint density at radius 2 is 1.48 bits per heavy atom. The van der Waals surface area contributed by atoms with Crippen molar-refractivity contribution in [3.05, 3.63) is 90.0 Å². The molecule has 25 heavy (non-hydrogen) atoms. The number of hydrogen-bond donors (Lipinski definition) is 2. The molecule has 0 aromatic heterocycles. The summed E-state index contributed by atoms with van der Waals surface area (Å²) in [7, 11) is 0. The Morgan fingerprint density at radius 3 is 2.24 bits per heavy atom. The van der Waals surface area contributed by atoms with Crippen molar-refractivity contribution >= 4 is 6.09 Å². The number of nitrogens with one attached hydrogen (secondary N) is 1. The van der Waals surface area contributed by atoms with Crippen LogP contribution in [0.25, 0.3) is 11.1 Å². The van der Waals surface area contributed by atoms with Crippen LogP contribution < -0.4 is 15.8 Å². The SMILES string of the molecule is NCc1ccccc1-c1ccccc1OC(=O)NCc1ccccc1. The molecule has 3 rings (SSSR count). The first kappa shape index (κ1) is 16.7. The molecule has 0 aliphatic heterocycles. The van der Waals surface area contributed by atoms with Gasteiger partial charge in [-0.3, -0.25) is 0 Å². The minimum atomic E-state index is -0.485. The maximum Gasteiger partial charge on any atom is 0.412 e. The van der Waals surface area contributed by atoms with Crippen LogP contribution in [0.15, 0.2) is 78.9 Å². The average molecular weight is 332 g/mol. The third-order valence-electron chi connectivity index (χ3n) is 3.90. The Hall–Kier alpha value is -3.11. The van der Waals surface area contributed by atoms with E-state index < -0.39 is 6.09 Å². The quantitative estimate of drug-likeness (QED) is 0.739. The van der Waals surface area contributed by atoms with E-state index in [1.165, 1.54) is 0 Å². The van der Waals surface area contributed by atoms with E-state index in [9.17, 15) is 4.79 Å². The number of carbonyl (C=O) groups is 1. The van der Waals surface area contributed by atoms with Gasteiger partial charge in [0.05, 0.1) is 0 Å². The molecule has 0 atom stereocenters. The molecular weight excluding hydrogens is 312 g/mol. The minimum absolute atomic E-state index is 0.418. The summed E-state index contributed by atoms with van der Waals surface area (Å²) in [4.78, 5) is 12.2. The highest BCUT2D eigenvalue weighted by Gasteiger charge is 2.12. The van der Waals surface area contributed by atoms with Gasteiger partial charge in [0.1, 0.15) is 5.75 Å². The Labute approximate surface area is 147 Å². The van der Waals surface area contributed by atoms with Crippen molar-refractivity contribution in [1.29, 1.82) is 0 Å². The summed E-state index contributed by atoms with van der Waals surface area (Å²) in [6, 6.07) is 25.0. The molecule has 3 aromatic rings. The van der Waals surface area contributed by atoms with Crippen molar-refractivity contribution in [1.82, 2.24) is 5.32 Å². The summed E-state index contributed by atoms with van der Waals surface area (Å²) in [5.74, 6) is 0.508. The predicted octanol–water partition coefficient (Wildman–Crippen LogP) is 4.10. The second-order valence-electron chi connectivity index (χ2n) is 5.59. The maximum atomic E-state index is 12.2. The molecule has 0 radical (unpaired) electrons. The Bertz CT molecular complexity index is 847.